The van der Waals surface area contributed by atoms with Crippen LogP contribution in [-0.4, -0.2) is 23.7 Å². The average Bonchev–Trinajstić information content (AvgIpc) is 3.66. The number of benzene rings is 4. The zero-order valence-electron chi connectivity index (χ0n) is 24.4. The number of carbonyl (C=O) groups excluding carboxylic acids is 2. The molecule has 0 saturated heterocycles. The molecule has 4 aromatic carbocycles. The van der Waals surface area contributed by atoms with Gasteiger partial charge >= 0.3 is 12.1 Å². The van der Waals surface area contributed by atoms with Crippen molar-refractivity contribution in [3.8, 4) is 11.1 Å². The van der Waals surface area contributed by atoms with E-state index in [0.29, 0.717) is 11.1 Å². The molecule has 1 aromatic heterocycles. The number of esters is 1. The van der Waals surface area contributed by atoms with Gasteiger partial charge in [0.15, 0.2) is 5.54 Å². The topological polar surface area (TPSA) is 80.4 Å². The van der Waals surface area contributed by atoms with Gasteiger partial charge in [0, 0.05) is 23.4 Å². The van der Waals surface area contributed by atoms with Crippen LogP contribution in [0.2, 0.25) is 0 Å². The van der Waals surface area contributed by atoms with E-state index in [2.05, 4.69) is 34.6 Å². The van der Waals surface area contributed by atoms with Gasteiger partial charge in [-0.3, -0.25) is 5.32 Å². The van der Waals surface area contributed by atoms with Gasteiger partial charge in [0.1, 0.15) is 13.2 Å². The molecule has 0 bridgehead atoms. The number of ether oxygens (including phenoxy) is 2. The molecule has 2 N–H and O–H groups in total. The first-order valence-electron chi connectivity index (χ1n) is 15.2. The molecule has 1 heterocycles. The number of aromatic amines is 1. The summed E-state index contributed by atoms with van der Waals surface area (Å²) in [5.74, 6) is -0.669. The quantitative estimate of drug-likeness (QED) is 0.187. The number of alkyl carbamates (subject to hydrolysis) is 1. The fourth-order valence-electron chi connectivity index (χ4n) is 6.82. The largest absolute Gasteiger partial charge is 0.459 e. The van der Waals surface area contributed by atoms with Crippen molar-refractivity contribution in [2.45, 2.75) is 43.7 Å². The van der Waals surface area contributed by atoms with E-state index in [9.17, 15) is 9.59 Å². The Morgan fingerprint density at radius 1 is 0.750 bits per heavy atom. The number of hydrogen-bond donors (Lipinski definition) is 2. The van der Waals surface area contributed by atoms with Gasteiger partial charge in [-0.1, -0.05) is 109 Å². The van der Waals surface area contributed by atoms with E-state index in [1.807, 2.05) is 91.1 Å². The van der Waals surface area contributed by atoms with Gasteiger partial charge in [0.05, 0.1) is 0 Å². The standard InChI is InChI=1S/C38H34N2O4/c41-36(43-24-26-13-3-1-4-14-26)38(27-15-5-2-6-16-27,34-23-39-35-22-12-11-21-32(34)35)40-37(42)44-25-33-30-19-9-7-17-28(30)29-18-8-10-20-31(29)33/h1-10,13-20,23,33,39H,11-12,21-22,24-25H2,(H,40,42)/t38-/m1/s1. The molecule has 0 fully saturated rings. The molecule has 7 rings (SSSR count). The highest BCUT2D eigenvalue weighted by atomic mass is 16.6. The van der Waals surface area contributed by atoms with Crippen LogP contribution in [0.25, 0.3) is 11.1 Å². The van der Waals surface area contributed by atoms with Crippen molar-refractivity contribution >= 4 is 12.1 Å². The first-order valence-corrected chi connectivity index (χ1v) is 15.2. The summed E-state index contributed by atoms with van der Waals surface area (Å²) in [7, 11) is 0. The first kappa shape index (κ1) is 27.7. The molecule has 2 aliphatic carbocycles. The summed E-state index contributed by atoms with van der Waals surface area (Å²) in [5.41, 5.74) is 7.26. The van der Waals surface area contributed by atoms with E-state index in [4.69, 9.17) is 9.47 Å². The minimum atomic E-state index is -1.61. The minimum absolute atomic E-state index is 0.0766. The molecule has 6 nitrogen and oxygen atoms in total. The number of aromatic nitrogens is 1. The second-order valence-corrected chi connectivity index (χ2v) is 11.5. The van der Waals surface area contributed by atoms with Crippen LogP contribution in [0.3, 0.4) is 0 Å². The molecule has 2 aliphatic rings. The summed E-state index contributed by atoms with van der Waals surface area (Å²) in [4.78, 5) is 31.7. The number of rotatable bonds is 8. The predicted molar refractivity (Wildman–Crippen MR) is 169 cm³/mol. The molecule has 0 aliphatic heterocycles. The monoisotopic (exact) mass is 582 g/mol. The van der Waals surface area contributed by atoms with Gasteiger partial charge in [-0.2, -0.15) is 0 Å². The first-order chi connectivity index (χ1) is 21.6. The molecule has 6 heteroatoms. The minimum Gasteiger partial charge on any atom is -0.459 e. The van der Waals surface area contributed by atoms with E-state index in [-0.39, 0.29) is 19.1 Å². The third-order valence-electron chi connectivity index (χ3n) is 8.95. The lowest BCUT2D eigenvalue weighted by Gasteiger charge is -2.34. The summed E-state index contributed by atoms with van der Waals surface area (Å²) in [6, 6.07) is 35.4. The summed E-state index contributed by atoms with van der Waals surface area (Å²) >= 11 is 0. The van der Waals surface area contributed by atoms with Crippen LogP contribution >= 0.6 is 0 Å². The van der Waals surface area contributed by atoms with E-state index in [0.717, 1.165) is 64.8 Å². The average molecular weight is 583 g/mol. The lowest BCUT2D eigenvalue weighted by molar-refractivity contribution is -0.151. The molecule has 0 spiro atoms. The van der Waals surface area contributed by atoms with E-state index in [1.165, 1.54) is 0 Å². The van der Waals surface area contributed by atoms with Crippen molar-refractivity contribution in [1.82, 2.24) is 10.3 Å². The Hall–Kier alpha value is -5.10. The van der Waals surface area contributed by atoms with Gasteiger partial charge in [0.2, 0.25) is 0 Å². The Labute approximate surface area is 257 Å². The molecule has 0 saturated carbocycles. The molecule has 5 aromatic rings. The van der Waals surface area contributed by atoms with Gasteiger partial charge in [-0.25, -0.2) is 9.59 Å². The highest BCUT2D eigenvalue weighted by Gasteiger charge is 2.48. The maximum atomic E-state index is 14.4. The van der Waals surface area contributed by atoms with Crippen LogP contribution in [0.15, 0.2) is 115 Å². The third-order valence-corrected chi connectivity index (χ3v) is 8.95. The van der Waals surface area contributed by atoms with E-state index < -0.39 is 17.6 Å². The second-order valence-electron chi connectivity index (χ2n) is 11.5. The van der Waals surface area contributed by atoms with Gasteiger partial charge in [-0.05, 0) is 64.6 Å². The number of nitrogens with one attached hydrogen (secondary N) is 2. The lowest BCUT2D eigenvalue weighted by atomic mass is 9.79. The Kier molecular flexibility index (Phi) is 7.49. The highest BCUT2D eigenvalue weighted by molar-refractivity contribution is 5.92. The Morgan fingerprint density at radius 2 is 1.36 bits per heavy atom. The molecule has 0 unspecified atom stereocenters. The lowest BCUT2D eigenvalue weighted by Crippen LogP contribution is -2.54. The Balaban J connectivity index is 1.24. The number of H-pyrrole nitrogens is 1. The van der Waals surface area contributed by atoms with Crippen molar-refractivity contribution in [2.75, 3.05) is 6.61 Å². The van der Waals surface area contributed by atoms with E-state index >= 15 is 0 Å². The summed E-state index contributed by atoms with van der Waals surface area (Å²) in [6.45, 7) is 0.211. The van der Waals surface area contributed by atoms with Gasteiger partial charge < -0.3 is 14.5 Å². The number of fused-ring (bicyclic) bond motifs is 4. The zero-order chi connectivity index (χ0) is 29.9. The van der Waals surface area contributed by atoms with Crippen LogP contribution in [0, 0.1) is 0 Å². The number of aryl methyl sites for hydroxylation is 1. The Bertz CT molecular complexity index is 1750. The summed E-state index contributed by atoms with van der Waals surface area (Å²) < 4.78 is 12.0. The summed E-state index contributed by atoms with van der Waals surface area (Å²) in [6.07, 6.45) is 4.95. The van der Waals surface area contributed by atoms with Crippen LogP contribution in [0.1, 0.15) is 57.8 Å². The number of carbonyl (C=O) groups is 2. The normalized spacial score (nSPS) is 14.9. The zero-order valence-corrected chi connectivity index (χ0v) is 24.4. The van der Waals surface area contributed by atoms with Gasteiger partial charge in [0.25, 0.3) is 0 Å². The maximum absolute atomic E-state index is 14.4. The highest BCUT2D eigenvalue weighted by Crippen LogP contribution is 2.45. The Morgan fingerprint density at radius 3 is 2.07 bits per heavy atom. The van der Waals surface area contributed by atoms with Crippen molar-refractivity contribution in [2.24, 2.45) is 0 Å². The van der Waals surface area contributed by atoms with Crippen molar-refractivity contribution in [3.05, 3.63) is 154 Å². The summed E-state index contributed by atoms with van der Waals surface area (Å²) in [5, 5.41) is 3.05. The molecule has 1 amide bonds. The maximum Gasteiger partial charge on any atom is 0.408 e. The van der Waals surface area contributed by atoms with Crippen LogP contribution < -0.4 is 5.32 Å². The van der Waals surface area contributed by atoms with Crippen LogP contribution in [0.4, 0.5) is 4.79 Å². The molecule has 44 heavy (non-hydrogen) atoms. The molecule has 0 radical (unpaired) electrons. The molecule has 220 valence electrons. The third kappa shape index (κ3) is 4.96. The van der Waals surface area contributed by atoms with Crippen molar-refractivity contribution in [3.63, 3.8) is 0 Å². The number of amides is 1. The molecular formula is C38H34N2O4. The smallest absolute Gasteiger partial charge is 0.408 e. The fourth-order valence-corrected chi connectivity index (χ4v) is 6.82. The molecular weight excluding hydrogens is 548 g/mol. The fraction of sp³-hybridized carbons (Fsp3) is 0.211. The van der Waals surface area contributed by atoms with Crippen LogP contribution in [0.5, 0.6) is 0 Å². The van der Waals surface area contributed by atoms with Crippen LogP contribution in [-0.2, 0) is 39.3 Å². The van der Waals surface area contributed by atoms with E-state index in [1.54, 1.807) is 0 Å². The van der Waals surface area contributed by atoms with Gasteiger partial charge in [-0.15, -0.1) is 0 Å². The predicted octanol–water partition coefficient (Wildman–Crippen LogP) is 7.42. The van der Waals surface area contributed by atoms with Crippen molar-refractivity contribution in [1.29, 1.82) is 0 Å². The SMILES string of the molecule is O=C(N[C@](C(=O)OCc1ccccc1)(c1ccccc1)c1c[nH]c2c1CCCC2)OCC1c2ccccc2-c2ccccc21. The number of hydrogen-bond acceptors (Lipinski definition) is 4. The molecule has 1 atom stereocenters. The van der Waals surface area contributed by atoms with Crippen molar-refractivity contribution < 1.29 is 19.1 Å². The second kappa shape index (κ2) is 11.9.